The average Bonchev–Trinajstić information content (AvgIpc) is 3.17. The molecule has 30 heavy (non-hydrogen) atoms. The lowest BCUT2D eigenvalue weighted by molar-refractivity contribution is -0.117. The second-order valence-electron chi connectivity index (χ2n) is 6.72. The lowest BCUT2D eigenvalue weighted by Gasteiger charge is -2.10. The third kappa shape index (κ3) is 3.83. The summed E-state index contributed by atoms with van der Waals surface area (Å²) in [6.07, 6.45) is 3.04. The number of carbonyl (C=O) groups is 1. The lowest BCUT2D eigenvalue weighted by Crippen LogP contribution is -2.11. The first-order valence-corrected chi connectivity index (χ1v) is 9.24. The van der Waals surface area contributed by atoms with Crippen molar-refractivity contribution in [2.45, 2.75) is 13.5 Å². The Kier molecular flexibility index (Phi) is 5.36. The number of carbonyl (C=O) groups excluding carboxylic acids is 1. The van der Waals surface area contributed by atoms with E-state index >= 15 is 0 Å². The number of methoxy groups -OCH3 is 1. The van der Waals surface area contributed by atoms with Crippen LogP contribution in [-0.2, 0) is 16.1 Å². The van der Waals surface area contributed by atoms with Gasteiger partial charge in [-0.2, -0.15) is 4.52 Å². The molecule has 4 aromatic rings. The Morgan fingerprint density at radius 2 is 1.97 bits per heavy atom. The lowest BCUT2D eigenvalue weighted by atomic mass is 10.2. The number of hydrogen-bond donors (Lipinski definition) is 1. The highest BCUT2D eigenvalue weighted by Crippen LogP contribution is 2.27. The third-order valence-corrected chi connectivity index (χ3v) is 4.42. The van der Waals surface area contributed by atoms with E-state index in [0.29, 0.717) is 11.5 Å². The van der Waals surface area contributed by atoms with E-state index in [0.717, 1.165) is 22.0 Å². The van der Waals surface area contributed by atoms with E-state index in [4.69, 9.17) is 15.2 Å². The SMILES string of the molecule is COCC(=O)C=C(N)c1nnc2c3ccccc3c(OCc3ccc(C)cn3)nn12. The summed E-state index contributed by atoms with van der Waals surface area (Å²) in [5.74, 6) is 0.352. The summed E-state index contributed by atoms with van der Waals surface area (Å²) < 4.78 is 12.3. The van der Waals surface area contributed by atoms with Crippen LogP contribution in [0.5, 0.6) is 5.88 Å². The highest BCUT2D eigenvalue weighted by molar-refractivity contribution is 5.98. The van der Waals surface area contributed by atoms with Gasteiger partial charge in [-0.1, -0.05) is 24.3 Å². The standard InChI is InChI=1S/C21H20N6O3/c1-13-7-8-14(23-10-13)11-30-21-17-6-4-3-5-16(17)19-24-25-20(27(19)26-21)18(22)9-15(28)12-29-2/h3-10H,11-12,22H2,1-2H3. The highest BCUT2D eigenvalue weighted by Gasteiger charge is 2.17. The molecule has 0 aliphatic heterocycles. The maximum atomic E-state index is 11.9. The number of nitrogens with zero attached hydrogens (tertiary/aromatic N) is 5. The molecule has 0 bridgehead atoms. The summed E-state index contributed by atoms with van der Waals surface area (Å²) in [5.41, 5.74) is 8.58. The van der Waals surface area contributed by atoms with Crippen molar-refractivity contribution in [3.05, 3.63) is 65.8 Å². The van der Waals surface area contributed by atoms with Gasteiger partial charge in [-0.3, -0.25) is 9.78 Å². The van der Waals surface area contributed by atoms with Crippen molar-refractivity contribution in [3.8, 4) is 5.88 Å². The maximum Gasteiger partial charge on any atom is 0.240 e. The minimum absolute atomic E-state index is 0.0777. The molecule has 0 saturated heterocycles. The van der Waals surface area contributed by atoms with Crippen LogP contribution in [-0.4, -0.2) is 44.3 Å². The van der Waals surface area contributed by atoms with Gasteiger partial charge >= 0.3 is 0 Å². The quantitative estimate of drug-likeness (QED) is 0.465. The van der Waals surface area contributed by atoms with Gasteiger partial charge in [0, 0.05) is 30.2 Å². The second-order valence-corrected chi connectivity index (χ2v) is 6.72. The molecule has 2 N–H and O–H groups in total. The molecule has 0 aliphatic rings. The molecule has 3 aromatic heterocycles. The molecule has 0 spiro atoms. The van der Waals surface area contributed by atoms with Crippen LogP contribution in [0, 0.1) is 6.92 Å². The van der Waals surface area contributed by atoms with Crippen LogP contribution < -0.4 is 10.5 Å². The van der Waals surface area contributed by atoms with Gasteiger partial charge < -0.3 is 15.2 Å². The van der Waals surface area contributed by atoms with Gasteiger partial charge in [0.05, 0.1) is 11.4 Å². The Morgan fingerprint density at radius 1 is 1.17 bits per heavy atom. The number of hydrogen-bond acceptors (Lipinski definition) is 8. The number of nitrogens with two attached hydrogens (primary N) is 1. The molecule has 0 radical (unpaired) electrons. The molecule has 4 rings (SSSR count). The molecule has 152 valence electrons. The van der Waals surface area contributed by atoms with Crippen molar-refractivity contribution >= 4 is 27.9 Å². The van der Waals surface area contributed by atoms with Gasteiger partial charge in [0.1, 0.15) is 13.2 Å². The molecule has 0 aliphatic carbocycles. The van der Waals surface area contributed by atoms with Crippen LogP contribution in [0.4, 0.5) is 0 Å². The van der Waals surface area contributed by atoms with Gasteiger partial charge in [0.15, 0.2) is 11.4 Å². The first-order chi connectivity index (χ1) is 14.6. The minimum atomic E-state index is -0.283. The number of aryl methyl sites for hydroxylation is 1. The van der Waals surface area contributed by atoms with Crippen LogP contribution in [0.25, 0.3) is 22.1 Å². The number of pyridine rings is 1. The van der Waals surface area contributed by atoms with Crippen molar-refractivity contribution in [3.63, 3.8) is 0 Å². The molecule has 1 aromatic carbocycles. The number of aromatic nitrogens is 5. The molecule has 0 amide bonds. The number of fused-ring (bicyclic) bond motifs is 3. The summed E-state index contributed by atoms with van der Waals surface area (Å²) >= 11 is 0. The fourth-order valence-corrected chi connectivity index (χ4v) is 2.99. The molecule has 0 fully saturated rings. The Labute approximate surface area is 172 Å². The number of rotatable bonds is 7. The van der Waals surface area contributed by atoms with Gasteiger partial charge in [0.2, 0.25) is 11.7 Å². The highest BCUT2D eigenvalue weighted by atomic mass is 16.5. The van der Waals surface area contributed by atoms with Gasteiger partial charge in [-0.15, -0.1) is 15.3 Å². The minimum Gasteiger partial charge on any atom is -0.470 e. The zero-order valence-corrected chi connectivity index (χ0v) is 16.6. The van der Waals surface area contributed by atoms with E-state index in [1.165, 1.54) is 17.7 Å². The Bertz CT molecular complexity index is 1250. The van der Waals surface area contributed by atoms with Crippen LogP contribution >= 0.6 is 0 Å². The van der Waals surface area contributed by atoms with Crippen LogP contribution in [0.3, 0.4) is 0 Å². The van der Waals surface area contributed by atoms with Crippen LogP contribution in [0.15, 0.2) is 48.7 Å². The summed E-state index contributed by atoms with van der Waals surface area (Å²) in [7, 11) is 1.44. The third-order valence-electron chi connectivity index (χ3n) is 4.42. The fraction of sp³-hybridized carbons (Fsp3) is 0.190. The maximum absolute atomic E-state index is 11.9. The largest absolute Gasteiger partial charge is 0.470 e. The molecule has 0 unspecified atom stereocenters. The molecule has 9 heteroatoms. The first-order valence-electron chi connectivity index (χ1n) is 9.24. The van der Waals surface area contributed by atoms with Crippen molar-refractivity contribution in [2.24, 2.45) is 5.73 Å². The van der Waals surface area contributed by atoms with Crippen molar-refractivity contribution < 1.29 is 14.3 Å². The van der Waals surface area contributed by atoms with Crippen molar-refractivity contribution in [1.29, 1.82) is 0 Å². The monoisotopic (exact) mass is 404 g/mol. The smallest absolute Gasteiger partial charge is 0.240 e. The summed E-state index contributed by atoms with van der Waals surface area (Å²) in [6.45, 7) is 2.15. The Morgan fingerprint density at radius 3 is 2.70 bits per heavy atom. The summed E-state index contributed by atoms with van der Waals surface area (Å²) in [4.78, 5) is 16.2. The second kappa shape index (κ2) is 8.26. The normalized spacial score (nSPS) is 11.9. The van der Waals surface area contributed by atoms with E-state index in [2.05, 4.69) is 20.3 Å². The fourth-order valence-electron chi connectivity index (χ4n) is 2.99. The molecule has 3 heterocycles. The van der Waals surface area contributed by atoms with Gasteiger partial charge in [-0.25, -0.2) is 0 Å². The van der Waals surface area contributed by atoms with Gasteiger partial charge in [0.25, 0.3) is 0 Å². The summed E-state index contributed by atoms with van der Waals surface area (Å²) in [6, 6.07) is 11.5. The summed E-state index contributed by atoms with van der Waals surface area (Å²) in [5, 5.41) is 14.5. The van der Waals surface area contributed by atoms with E-state index in [1.54, 1.807) is 6.20 Å². The van der Waals surface area contributed by atoms with Crippen molar-refractivity contribution in [2.75, 3.05) is 13.7 Å². The Balaban J connectivity index is 1.77. The molecular formula is C21H20N6O3. The van der Waals surface area contributed by atoms with E-state index < -0.39 is 0 Å². The van der Waals surface area contributed by atoms with Crippen LogP contribution in [0.1, 0.15) is 17.1 Å². The van der Waals surface area contributed by atoms with E-state index in [9.17, 15) is 4.79 Å². The van der Waals surface area contributed by atoms with Gasteiger partial charge in [-0.05, 0) is 24.6 Å². The zero-order chi connectivity index (χ0) is 21.1. The Hall–Kier alpha value is -3.85. The zero-order valence-electron chi connectivity index (χ0n) is 16.6. The molecule has 0 atom stereocenters. The first kappa shape index (κ1) is 19.5. The van der Waals surface area contributed by atoms with Crippen LogP contribution in [0.2, 0.25) is 0 Å². The predicted octanol–water partition coefficient (Wildman–Crippen LogP) is 2.08. The van der Waals surface area contributed by atoms with Crippen molar-refractivity contribution in [1.82, 2.24) is 24.8 Å². The van der Waals surface area contributed by atoms with E-state index in [1.807, 2.05) is 43.3 Å². The number of benzene rings is 1. The average molecular weight is 404 g/mol. The molecule has 0 saturated carbocycles. The van der Waals surface area contributed by atoms with E-state index in [-0.39, 0.29) is 30.5 Å². The molecular weight excluding hydrogens is 384 g/mol. The number of ketones is 1. The number of ether oxygens (including phenoxy) is 2. The molecule has 9 nitrogen and oxygen atoms in total. The predicted molar refractivity (Wildman–Crippen MR) is 111 cm³/mol. The topological polar surface area (TPSA) is 118 Å².